The van der Waals surface area contributed by atoms with Crippen molar-refractivity contribution in [1.29, 1.82) is 0 Å². The van der Waals surface area contributed by atoms with Gasteiger partial charge in [0.15, 0.2) is 0 Å². The van der Waals surface area contributed by atoms with Gasteiger partial charge in [0, 0.05) is 6.07 Å². The Labute approximate surface area is 67.0 Å². The van der Waals surface area contributed by atoms with Gasteiger partial charge in [-0.3, -0.25) is 0 Å². The first-order valence-corrected chi connectivity index (χ1v) is 5.85. The van der Waals surface area contributed by atoms with E-state index in [9.17, 15) is 8.42 Å². The Morgan fingerprint density at radius 3 is 2.40 bits per heavy atom. The third-order valence-corrected chi connectivity index (χ3v) is 2.77. The number of rotatable bonds is 1. The molecule has 0 aliphatic carbocycles. The lowest BCUT2D eigenvalue weighted by atomic mass is 10.4. The summed E-state index contributed by atoms with van der Waals surface area (Å²) in [4.78, 5) is 0.162. The van der Waals surface area contributed by atoms with Gasteiger partial charge in [-0.15, -0.1) is 0 Å². The van der Waals surface area contributed by atoms with Crippen LogP contribution >= 0.6 is 14.8 Å². The summed E-state index contributed by atoms with van der Waals surface area (Å²) in [5.74, 6) is 0. The van der Waals surface area contributed by atoms with Gasteiger partial charge in [-0.25, -0.2) is 8.42 Å². The van der Waals surface area contributed by atoms with Crippen LogP contribution in [0.2, 0.25) is 0 Å². The minimum atomic E-state index is -3.25. The monoisotopic (exact) mass is 219 g/mol. The Bertz CT molecular complexity index is 304. The maximum Gasteiger partial charge on any atom is 0.238 e. The van der Waals surface area contributed by atoms with Gasteiger partial charge in [0.25, 0.3) is 0 Å². The third-order valence-electron chi connectivity index (χ3n) is 0.943. The molecule has 1 aromatic rings. The summed E-state index contributed by atoms with van der Waals surface area (Å²) in [5, 5.41) is 0. The lowest BCUT2D eigenvalue weighted by Crippen LogP contribution is -1.87. The lowest BCUT2D eigenvalue weighted by Gasteiger charge is -1.90. The number of hydrogen-bond donors (Lipinski definition) is 0. The quantitative estimate of drug-likeness (QED) is 0.673. The smallest absolute Gasteiger partial charge is 0.212 e. The number of halogens is 1. The molecule has 10 heavy (non-hydrogen) atoms. The molecule has 2 nitrogen and oxygen atoms in total. The zero-order valence-electron chi connectivity index (χ0n) is 4.91. The first kappa shape index (κ1) is 7.75. The Kier molecular flexibility index (Phi) is 2.11. The molecule has 0 N–H and O–H groups in total. The first-order valence-electron chi connectivity index (χ1n) is 2.52. The second kappa shape index (κ2) is 2.72. The van der Waals surface area contributed by atoms with Gasteiger partial charge >= 0.3 is 0 Å². The molecular weight excluding hydrogens is 216 g/mol. The van der Waals surface area contributed by atoms with Crippen LogP contribution in [-0.4, -0.2) is 8.42 Å². The van der Waals surface area contributed by atoms with Crippen molar-refractivity contribution in [2.45, 2.75) is 4.90 Å². The van der Waals surface area contributed by atoms with E-state index in [1.165, 1.54) is 6.07 Å². The van der Waals surface area contributed by atoms with Crippen LogP contribution in [0.4, 0.5) is 0 Å². The second-order valence-electron chi connectivity index (χ2n) is 1.66. The van der Waals surface area contributed by atoms with E-state index in [4.69, 9.17) is 0 Å². The molecule has 0 saturated heterocycles. The summed E-state index contributed by atoms with van der Waals surface area (Å²) in [6.45, 7) is 0. The van der Waals surface area contributed by atoms with E-state index in [1.807, 2.05) is 0 Å². The zero-order chi connectivity index (χ0) is 7.61. The Morgan fingerprint density at radius 2 is 2.10 bits per heavy atom. The number of benzene rings is 1. The third kappa shape index (κ3) is 1.82. The number of hydrogen-bond acceptors (Lipinski definition) is 2. The molecule has 1 rings (SSSR count). The van der Waals surface area contributed by atoms with Crippen LogP contribution in [0.25, 0.3) is 0 Å². The maximum atomic E-state index is 10.7. The summed E-state index contributed by atoms with van der Waals surface area (Å²) in [6.07, 6.45) is 0. The van der Waals surface area contributed by atoms with Crippen LogP contribution in [0.3, 0.4) is 0 Å². The molecule has 1 radical (unpaired) electrons. The average Bonchev–Trinajstić information content (AvgIpc) is 1.88. The minimum Gasteiger partial charge on any atom is -0.212 e. The SMILES string of the molecule is O=S(=O)(Br)c1[c]cccc1. The van der Waals surface area contributed by atoms with Gasteiger partial charge in [-0.05, 0) is 6.07 Å². The fourth-order valence-corrected chi connectivity index (χ4v) is 1.58. The summed E-state index contributed by atoms with van der Waals surface area (Å²) >= 11 is 2.53. The molecule has 0 aliphatic rings. The highest BCUT2D eigenvalue weighted by Gasteiger charge is 2.06. The molecule has 0 saturated carbocycles. The van der Waals surface area contributed by atoms with Crippen molar-refractivity contribution >= 4 is 23.1 Å². The Hall–Kier alpha value is -0.350. The fourth-order valence-electron chi connectivity index (χ4n) is 0.529. The summed E-state index contributed by atoms with van der Waals surface area (Å²) in [7, 11) is -3.25. The molecule has 1 aromatic carbocycles. The average molecular weight is 220 g/mol. The van der Waals surface area contributed by atoms with Gasteiger partial charge in [-0.2, -0.15) is 0 Å². The Balaban J connectivity index is 3.22. The van der Waals surface area contributed by atoms with Crippen molar-refractivity contribution in [3.8, 4) is 0 Å². The highest BCUT2D eigenvalue weighted by Crippen LogP contribution is 2.14. The molecule has 0 fully saturated rings. The van der Waals surface area contributed by atoms with Gasteiger partial charge < -0.3 is 0 Å². The molecular formula is C6H4BrO2S. The molecule has 0 atom stereocenters. The fraction of sp³-hybridized carbons (Fsp3) is 0. The van der Waals surface area contributed by atoms with E-state index in [0.29, 0.717) is 0 Å². The van der Waals surface area contributed by atoms with Crippen molar-refractivity contribution in [1.82, 2.24) is 0 Å². The van der Waals surface area contributed by atoms with Crippen LogP contribution in [0.1, 0.15) is 0 Å². The second-order valence-corrected chi connectivity index (χ2v) is 5.54. The normalized spacial score (nSPS) is 11.3. The molecule has 0 heterocycles. The largest absolute Gasteiger partial charge is 0.238 e. The highest BCUT2D eigenvalue weighted by molar-refractivity contribution is 9.47. The predicted molar refractivity (Wildman–Crippen MR) is 41.4 cm³/mol. The lowest BCUT2D eigenvalue weighted by molar-refractivity contribution is 0.611. The van der Waals surface area contributed by atoms with E-state index in [1.54, 1.807) is 18.2 Å². The molecule has 0 unspecified atom stereocenters. The van der Waals surface area contributed by atoms with E-state index in [0.717, 1.165) is 0 Å². The summed E-state index contributed by atoms with van der Waals surface area (Å²) < 4.78 is 21.4. The van der Waals surface area contributed by atoms with Crippen LogP contribution in [0.15, 0.2) is 29.2 Å². The molecule has 0 amide bonds. The molecule has 0 bridgehead atoms. The van der Waals surface area contributed by atoms with Gasteiger partial charge in [-0.1, -0.05) is 18.2 Å². The van der Waals surface area contributed by atoms with Crippen molar-refractivity contribution in [3.63, 3.8) is 0 Å². The molecule has 0 aliphatic heterocycles. The van der Waals surface area contributed by atoms with Gasteiger partial charge in [0.1, 0.15) is 0 Å². The van der Waals surface area contributed by atoms with Gasteiger partial charge in [0.05, 0.1) is 19.7 Å². The summed E-state index contributed by atoms with van der Waals surface area (Å²) in [5.41, 5.74) is 0. The first-order chi connectivity index (χ1) is 4.61. The zero-order valence-corrected chi connectivity index (χ0v) is 7.31. The van der Waals surface area contributed by atoms with Gasteiger partial charge in [0.2, 0.25) is 8.27 Å². The van der Waals surface area contributed by atoms with Crippen molar-refractivity contribution in [2.75, 3.05) is 0 Å². The van der Waals surface area contributed by atoms with Crippen LogP contribution in [-0.2, 0) is 8.27 Å². The van der Waals surface area contributed by atoms with E-state index in [-0.39, 0.29) is 4.90 Å². The topological polar surface area (TPSA) is 34.1 Å². The Morgan fingerprint density at radius 1 is 1.40 bits per heavy atom. The van der Waals surface area contributed by atoms with E-state index >= 15 is 0 Å². The van der Waals surface area contributed by atoms with Crippen molar-refractivity contribution in [3.05, 3.63) is 30.3 Å². The standard InChI is InChI=1S/C6H4BrO2S/c7-10(8,9)6-4-2-1-3-5-6/h1-4H. The van der Waals surface area contributed by atoms with Crippen molar-refractivity contribution < 1.29 is 8.42 Å². The molecule has 0 aromatic heterocycles. The maximum absolute atomic E-state index is 10.7. The van der Waals surface area contributed by atoms with Crippen molar-refractivity contribution in [2.24, 2.45) is 0 Å². The van der Waals surface area contributed by atoms with E-state index < -0.39 is 8.27 Å². The molecule has 0 spiro atoms. The summed E-state index contributed by atoms with van der Waals surface area (Å²) in [6, 6.07) is 8.95. The van der Waals surface area contributed by atoms with Crippen LogP contribution in [0.5, 0.6) is 0 Å². The molecule has 53 valence electrons. The highest BCUT2D eigenvalue weighted by atomic mass is 79.9. The molecule has 4 heteroatoms. The minimum absolute atomic E-state index is 0.162. The van der Waals surface area contributed by atoms with E-state index in [2.05, 4.69) is 20.9 Å². The van der Waals surface area contributed by atoms with Crippen LogP contribution in [0, 0.1) is 6.07 Å². The van der Waals surface area contributed by atoms with Crippen LogP contribution < -0.4 is 0 Å². The predicted octanol–water partition coefficient (Wildman–Crippen LogP) is 1.57.